The van der Waals surface area contributed by atoms with Gasteiger partial charge in [-0.1, -0.05) is 26.0 Å². The van der Waals surface area contributed by atoms with Crippen molar-refractivity contribution >= 4 is 29.9 Å². The molecule has 2 aromatic rings. The lowest BCUT2D eigenvalue weighted by Gasteiger charge is -2.22. The van der Waals surface area contributed by atoms with E-state index in [0.29, 0.717) is 5.92 Å². The van der Waals surface area contributed by atoms with Crippen LogP contribution in [0.25, 0.3) is 0 Å². The molecule has 0 aliphatic rings. The van der Waals surface area contributed by atoms with Crippen LogP contribution in [-0.2, 0) is 20.0 Å². The number of aromatic nitrogens is 2. The first-order valence-electron chi connectivity index (χ1n) is 8.59. The van der Waals surface area contributed by atoms with Gasteiger partial charge >= 0.3 is 0 Å². The summed E-state index contributed by atoms with van der Waals surface area (Å²) in [5.74, 6) is 1.02. The number of nitrogens with one attached hydrogen (secondary N) is 1. The smallest absolute Gasteiger partial charge is 0.193 e. The normalized spacial score (nSPS) is 11.4. The molecular formula is C19H29FIN5. The molecule has 0 unspecified atom stereocenters. The van der Waals surface area contributed by atoms with Crippen LogP contribution in [0.3, 0.4) is 0 Å². The van der Waals surface area contributed by atoms with Gasteiger partial charge in [0, 0.05) is 46.0 Å². The van der Waals surface area contributed by atoms with Gasteiger partial charge in [-0.2, -0.15) is 5.10 Å². The number of hydrogen-bond donors (Lipinski definition) is 1. The lowest BCUT2D eigenvalue weighted by atomic mass is 10.1. The van der Waals surface area contributed by atoms with Crippen molar-refractivity contribution in [2.75, 3.05) is 20.6 Å². The van der Waals surface area contributed by atoms with E-state index in [0.717, 1.165) is 36.7 Å². The number of guanidine groups is 1. The molecule has 0 saturated carbocycles. The zero-order chi connectivity index (χ0) is 18.4. The second-order valence-electron chi connectivity index (χ2n) is 6.57. The highest BCUT2D eigenvalue weighted by molar-refractivity contribution is 14.0. The van der Waals surface area contributed by atoms with Gasteiger partial charge in [0.1, 0.15) is 5.82 Å². The molecule has 0 atom stereocenters. The van der Waals surface area contributed by atoms with Gasteiger partial charge < -0.3 is 10.2 Å². The third kappa shape index (κ3) is 6.26. The first-order valence-corrected chi connectivity index (χ1v) is 8.59. The van der Waals surface area contributed by atoms with E-state index >= 15 is 0 Å². The highest BCUT2D eigenvalue weighted by atomic mass is 127. The van der Waals surface area contributed by atoms with Crippen LogP contribution in [0.5, 0.6) is 0 Å². The van der Waals surface area contributed by atoms with Crippen molar-refractivity contribution in [1.82, 2.24) is 20.0 Å². The van der Waals surface area contributed by atoms with Crippen LogP contribution in [-0.4, -0.2) is 41.3 Å². The Morgan fingerprint density at radius 2 is 1.96 bits per heavy atom. The van der Waals surface area contributed by atoms with E-state index in [2.05, 4.69) is 40.4 Å². The number of aliphatic imine (C=N–C) groups is 1. The Labute approximate surface area is 172 Å². The second-order valence-corrected chi connectivity index (χ2v) is 6.57. The van der Waals surface area contributed by atoms with Crippen molar-refractivity contribution in [3.05, 3.63) is 53.1 Å². The van der Waals surface area contributed by atoms with Gasteiger partial charge in [-0.25, -0.2) is 4.39 Å². The van der Waals surface area contributed by atoms with E-state index in [1.807, 2.05) is 30.9 Å². The Kier molecular flexibility index (Phi) is 9.04. The number of nitrogens with zero attached hydrogens (tertiary/aromatic N) is 4. The Balaban J connectivity index is 0.00000338. The Morgan fingerprint density at radius 1 is 1.31 bits per heavy atom. The molecule has 5 nitrogen and oxygen atoms in total. The van der Waals surface area contributed by atoms with Gasteiger partial charge in [-0.05, 0) is 30.0 Å². The predicted octanol–water partition coefficient (Wildman–Crippen LogP) is 3.55. The summed E-state index contributed by atoms with van der Waals surface area (Å²) in [5, 5.41) is 7.92. The fourth-order valence-corrected chi connectivity index (χ4v) is 2.85. The largest absolute Gasteiger partial charge is 0.356 e. The summed E-state index contributed by atoms with van der Waals surface area (Å²) < 4.78 is 14.8. The molecule has 26 heavy (non-hydrogen) atoms. The van der Waals surface area contributed by atoms with Gasteiger partial charge in [0.2, 0.25) is 0 Å². The summed E-state index contributed by atoms with van der Waals surface area (Å²) >= 11 is 0. The predicted molar refractivity (Wildman–Crippen MR) is 116 cm³/mol. The topological polar surface area (TPSA) is 45.5 Å². The minimum atomic E-state index is -0.204. The fraction of sp³-hybridized carbons (Fsp3) is 0.474. The number of rotatable bonds is 6. The number of hydrogen-bond acceptors (Lipinski definition) is 2. The maximum absolute atomic E-state index is 12.9. The first kappa shape index (κ1) is 22.4. The standard InChI is InChI=1S/C19H28FN5.HI/c1-14(2)18-16(13-25(5)23-18)12-24(4)19(21-3)22-11-10-15-6-8-17(20)9-7-15;/h6-9,13-14H,10-12H2,1-5H3,(H,21,22);1H. The molecule has 0 aliphatic heterocycles. The number of benzene rings is 1. The van der Waals surface area contributed by atoms with E-state index in [9.17, 15) is 4.39 Å². The van der Waals surface area contributed by atoms with E-state index < -0.39 is 0 Å². The minimum Gasteiger partial charge on any atom is -0.356 e. The third-order valence-corrected chi connectivity index (χ3v) is 4.07. The van der Waals surface area contributed by atoms with E-state index in [1.54, 1.807) is 7.05 Å². The summed E-state index contributed by atoms with van der Waals surface area (Å²) in [6, 6.07) is 6.61. The van der Waals surface area contributed by atoms with Crippen LogP contribution in [0, 0.1) is 5.82 Å². The van der Waals surface area contributed by atoms with Gasteiger partial charge in [0.05, 0.1) is 5.69 Å². The first-order chi connectivity index (χ1) is 11.9. The maximum atomic E-state index is 12.9. The molecule has 144 valence electrons. The lowest BCUT2D eigenvalue weighted by molar-refractivity contribution is 0.474. The molecule has 1 heterocycles. The molecule has 0 fully saturated rings. The van der Waals surface area contributed by atoms with Crippen molar-refractivity contribution in [3.63, 3.8) is 0 Å². The zero-order valence-corrected chi connectivity index (χ0v) is 18.5. The molecule has 0 radical (unpaired) electrons. The molecule has 1 aromatic carbocycles. The average Bonchev–Trinajstić information content (AvgIpc) is 2.94. The number of halogens is 2. The molecule has 7 heteroatoms. The summed E-state index contributed by atoms with van der Waals surface area (Å²) in [7, 11) is 5.75. The Hall–Kier alpha value is -1.64. The molecule has 1 aromatic heterocycles. The van der Waals surface area contributed by atoms with Gasteiger partial charge in [0.25, 0.3) is 0 Å². The quantitative estimate of drug-likeness (QED) is 0.397. The van der Waals surface area contributed by atoms with Crippen LogP contribution in [0.2, 0.25) is 0 Å². The highest BCUT2D eigenvalue weighted by Crippen LogP contribution is 2.18. The summed E-state index contributed by atoms with van der Waals surface area (Å²) in [4.78, 5) is 6.45. The van der Waals surface area contributed by atoms with Crippen LogP contribution in [0.4, 0.5) is 4.39 Å². The monoisotopic (exact) mass is 473 g/mol. The van der Waals surface area contributed by atoms with E-state index in [1.165, 1.54) is 17.7 Å². The van der Waals surface area contributed by atoms with Crippen molar-refractivity contribution in [3.8, 4) is 0 Å². The minimum absolute atomic E-state index is 0. The van der Waals surface area contributed by atoms with Crippen LogP contribution in [0.1, 0.15) is 36.6 Å². The van der Waals surface area contributed by atoms with E-state index in [4.69, 9.17) is 0 Å². The van der Waals surface area contributed by atoms with Crippen LogP contribution < -0.4 is 5.32 Å². The van der Waals surface area contributed by atoms with E-state index in [-0.39, 0.29) is 29.8 Å². The van der Waals surface area contributed by atoms with Crippen molar-refractivity contribution < 1.29 is 4.39 Å². The van der Waals surface area contributed by atoms with Gasteiger partial charge in [0.15, 0.2) is 5.96 Å². The third-order valence-electron chi connectivity index (χ3n) is 4.07. The van der Waals surface area contributed by atoms with Crippen LogP contribution in [0.15, 0.2) is 35.5 Å². The zero-order valence-electron chi connectivity index (χ0n) is 16.2. The maximum Gasteiger partial charge on any atom is 0.193 e. The molecule has 1 N–H and O–H groups in total. The summed E-state index contributed by atoms with van der Waals surface area (Å²) in [6.07, 6.45) is 2.88. The second kappa shape index (κ2) is 10.5. The molecule has 2 rings (SSSR count). The average molecular weight is 473 g/mol. The van der Waals surface area contributed by atoms with Gasteiger partial charge in [-0.15, -0.1) is 24.0 Å². The molecular weight excluding hydrogens is 444 g/mol. The molecule has 0 amide bonds. The Bertz CT molecular complexity index is 709. The van der Waals surface area contributed by atoms with Crippen molar-refractivity contribution in [2.24, 2.45) is 12.0 Å². The molecule has 0 saturated heterocycles. The molecule has 0 spiro atoms. The summed E-state index contributed by atoms with van der Waals surface area (Å²) in [5.41, 5.74) is 3.43. The van der Waals surface area contributed by atoms with Crippen molar-refractivity contribution in [2.45, 2.75) is 32.7 Å². The lowest BCUT2D eigenvalue weighted by Crippen LogP contribution is -2.39. The van der Waals surface area contributed by atoms with Crippen LogP contribution >= 0.6 is 24.0 Å². The van der Waals surface area contributed by atoms with Crippen molar-refractivity contribution in [1.29, 1.82) is 0 Å². The summed E-state index contributed by atoms with van der Waals surface area (Å²) in [6.45, 7) is 5.80. The molecule has 0 aliphatic carbocycles. The van der Waals surface area contributed by atoms with Gasteiger partial charge in [-0.3, -0.25) is 9.67 Å². The Morgan fingerprint density at radius 3 is 2.54 bits per heavy atom. The number of aryl methyl sites for hydroxylation is 1. The molecule has 0 bridgehead atoms. The fourth-order valence-electron chi connectivity index (χ4n) is 2.85. The SMILES string of the molecule is CN=C(NCCc1ccc(F)cc1)N(C)Cc1cn(C)nc1C(C)C.I. The highest BCUT2D eigenvalue weighted by Gasteiger charge is 2.14.